The highest BCUT2D eigenvalue weighted by molar-refractivity contribution is 5.51. The Morgan fingerprint density at radius 2 is 2.36 bits per heavy atom. The van der Waals surface area contributed by atoms with Crippen LogP contribution < -0.4 is 10.2 Å². The van der Waals surface area contributed by atoms with Crippen LogP contribution in [0.3, 0.4) is 0 Å². The second-order valence-electron chi connectivity index (χ2n) is 4.49. The number of aryl methyl sites for hydroxylation is 1. The van der Waals surface area contributed by atoms with Gasteiger partial charge in [-0.3, -0.25) is 0 Å². The van der Waals surface area contributed by atoms with Crippen molar-refractivity contribution in [2.45, 2.75) is 25.4 Å². The predicted molar refractivity (Wildman–Crippen MR) is 58.7 cm³/mol. The first-order chi connectivity index (χ1) is 6.83. The molecule has 2 fully saturated rings. The van der Waals surface area contributed by atoms with Crippen molar-refractivity contribution < 1.29 is 0 Å². The van der Waals surface area contributed by atoms with Gasteiger partial charge in [-0.2, -0.15) is 0 Å². The molecular weight excluding hydrogens is 172 g/mol. The second-order valence-corrected chi connectivity index (χ2v) is 4.49. The fraction of sp³-hybridized carbons (Fsp3) is 0.500. The van der Waals surface area contributed by atoms with E-state index in [1.54, 1.807) is 0 Å². The standard InChI is InChI=1S/C12H16N2/c1-9-3-2-4-11(5-9)14-8-10-6-12(14)7-13-10/h2-5,10,12-13H,6-8H2,1H3. The van der Waals surface area contributed by atoms with Crippen molar-refractivity contribution in [1.82, 2.24) is 5.32 Å². The van der Waals surface area contributed by atoms with Gasteiger partial charge in [0.2, 0.25) is 0 Å². The summed E-state index contributed by atoms with van der Waals surface area (Å²) in [6.45, 7) is 4.52. The van der Waals surface area contributed by atoms with Crippen LogP contribution >= 0.6 is 0 Å². The number of nitrogens with zero attached hydrogens (tertiary/aromatic N) is 1. The Kier molecular flexibility index (Phi) is 1.77. The van der Waals surface area contributed by atoms with Crippen molar-refractivity contribution in [1.29, 1.82) is 0 Å². The molecule has 0 spiro atoms. The van der Waals surface area contributed by atoms with E-state index >= 15 is 0 Å². The van der Waals surface area contributed by atoms with E-state index < -0.39 is 0 Å². The molecule has 1 aromatic rings. The Bertz CT molecular complexity index is 348. The Morgan fingerprint density at radius 3 is 3.00 bits per heavy atom. The lowest BCUT2D eigenvalue weighted by Crippen LogP contribution is -2.43. The molecule has 2 aliphatic heterocycles. The molecule has 0 amide bonds. The van der Waals surface area contributed by atoms with Gasteiger partial charge in [0.1, 0.15) is 0 Å². The molecule has 0 aromatic heterocycles. The Hall–Kier alpha value is -1.02. The topological polar surface area (TPSA) is 15.3 Å². The largest absolute Gasteiger partial charge is 0.366 e. The van der Waals surface area contributed by atoms with Crippen LogP contribution in [0.4, 0.5) is 5.69 Å². The lowest BCUT2D eigenvalue weighted by atomic mass is 10.2. The molecule has 2 nitrogen and oxygen atoms in total. The van der Waals surface area contributed by atoms with Crippen molar-refractivity contribution in [2.24, 2.45) is 0 Å². The fourth-order valence-electron chi connectivity index (χ4n) is 2.68. The third-order valence-corrected chi connectivity index (χ3v) is 3.39. The summed E-state index contributed by atoms with van der Waals surface area (Å²) in [4.78, 5) is 2.55. The zero-order valence-corrected chi connectivity index (χ0v) is 8.53. The van der Waals surface area contributed by atoms with Gasteiger partial charge in [0.15, 0.2) is 0 Å². The van der Waals surface area contributed by atoms with Crippen LogP contribution in [0.15, 0.2) is 24.3 Å². The fourth-order valence-corrected chi connectivity index (χ4v) is 2.68. The highest BCUT2D eigenvalue weighted by atomic mass is 15.3. The lowest BCUT2D eigenvalue weighted by Gasteiger charge is -2.29. The van der Waals surface area contributed by atoms with Gasteiger partial charge >= 0.3 is 0 Å². The van der Waals surface area contributed by atoms with Gasteiger partial charge in [0.25, 0.3) is 0 Å². The molecule has 2 heterocycles. The molecule has 0 saturated carbocycles. The van der Waals surface area contributed by atoms with Gasteiger partial charge in [0.05, 0.1) is 0 Å². The molecule has 2 atom stereocenters. The Balaban J connectivity index is 1.89. The van der Waals surface area contributed by atoms with E-state index in [0.29, 0.717) is 0 Å². The normalized spacial score (nSPS) is 29.9. The average Bonchev–Trinajstić information content (AvgIpc) is 2.78. The maximum Gasteiger partial charge on any atom is 0.0430 e. The monoisotopic (exact) mass is 188 g/mol. The third kappa shape index (κ3) is 1.22. The van der Waals surface area contributed by atoms with E-state index in [0.717, 1.165) is 12.1 Å². The second kappa shape index (κ2) is 2.99. The molecule has 3 rings (SSSR count). The summed E-state index contributed by atoms with van der Waals surface area (Å²) in [6, 6.07) is 10.3. The van der Waals surface area contributed by atoms with Gasteiger partial charge in [0, 0.05) is 30.9 Å². The number of hydrogen-bond acceptors (Lipinski definition) is 2. The van der Waals surface area contributed by atoms with E-state index in [9.17, 15) is 0 Å². The minimum absolute atomic E-state index is 0.737. The summed E-state index contributed by atoms with van der Waals surface area (Å²) in [5.41, 5.74) is 2.76. The Labute approximate surface area is 84.9 Å². The molecule has 74 valence electrons. The zero-order valence-electron chi connectivity index (χ0n) is 8.53. The first kappa shape index (κ1) is 8.30. The van der Waals surface area contributed by atoms with E-state index in [1.807, 2.05) is 0 Å². The molecular formula is C12H16N2. The summed E-state index contributed by atoms with van der Waals surface area (Å²) < 4.78 is 0. The minimum Gasteiger partial charge on any atom is -0.366 e. The highest BCUT2D eigenvalue weighted by Gasteiger charge is 2.37. The van der Waals surface area contributed by atoms with E-state index in [4.69, 9.17) is 0 Å². The summed E-state index contributed by atoms with van der Waals surface area (Å²) >= 11 is 0. The SMILES string of the molecule is Cc1cccc(N2CC3CC2CN3)c1. The van der Waals surface area contributed by atoms with Crippen LogP contribution in [0.25, 0.3) is 0 Å². The lowest BCUT2D eigenvalue weighted by molar-refractivity contribution is 0.580. The van der Waals surface area contributed by atoms with Crippen molar-refractivity contribution in [3.8, 4) is 0 Å². The molecule has 0 radical (unpaired) electrons. The number of fused-ring (bicyclic) bond motifs is 2. The van der Waals surface area contributed by atoms with E-state index in [1.165, 1.54) is 30.8 Å². The van der Waals surface area contributed by atoms with E-state index in [-0.39, 0.29) is 0 Å². The van der Waals surface area contributed by atoms with Crippen LogP contribution in [-0.2, 0) is 0 Å². The Morgan fingerprint density at radius 1 is 1.43 bits per heavy atom. The number of rotatable bonds is 1. The summed E-state index contributed by atoms with van der Waals surface area (Å²) in [7, 11) is 0. The van der Waals surface area contributed by atoms with Gasteiger partial charge in [-0.15, -0.1) is 0 Å². The van der Waals surface area contributed by atoms with Crippen molar-refractivity contribution in [3.05, 3.63) is 29.8 Å². The van der Waals surface area contributed by atoms with Crippen molar-refractivity contribution >= 4 is 5.69 Å². The molecule has 2 saturated heterocycles. The highest BCUT2D eigenvalue weighted by Crippen LogP contribution is 2.29. The smallest absolute Gasteiger partial charge is 0.0430 e. The number of anilines is 1. The van der Waals surface area contributed by atoms with Gasteiger partial charge in [-0.1, -0.05) is 12.1 Å². The number of nitrogens with one attached hydrogen (secondary N) is 1. The molecule has 1 N–H and O–H groups in total. The number of hydrogen-bond donors (Lipinski definition) is 1. The van der Waals surface area contributed by atoms with Gasteiger partial charge < -0.3 is 10.2 Å². The summed E-state index contributed by atoms with van der Waals surface area (Å²) in [5.74, 6) is 0. The third-order valence-electron chi connectivity index (χ3n) is 3.39. The predicted octanol–water partition coefficient (Wildman–Crippen LogP) is 1.55. The molecule has 2 aliphatic rings. The first-order valence-corrected chi connectivity index (χ1v) is 5.39. The van der Waals surface area contributed by atoms with Crippen LogP contribution in [0.5, 0.6) is 0 Å². The number of benzene rings is 1. The molecule has 0 aliphatic carbocycles. The zero-order chi connectivity index (χ0) is 9.54. The van der Waals surface area contributed by atoms with Crippen LogP contribution in [0.2, 0.25) is 0 Å². The maximum atomic E-state index is 3.53. The molecule has 2 bridgehead atoms. The van der Waals surface area contributed by atoms with E-state index in [2.05, 4.69) is 41.4 Å². The van der Waals surface area contributed by atoms with Crippen LogP contribution in [0, 0.1) is 6.92 Å². The van der Waals surface area contributed by atoms with Crippen molar-refractivity contribution in [2.75, 3.05) is 18.0 Å². The number of piperazine rings is 1. The quantitative estimate of drug-likeness (QED) is 0.719. The summed E-state index contributed by atoms with van der Waals surface area (Å²) in [5, 5.41) is 3.53. The van der Waals surface area contributed by atoms with Gasteiger partial charge in [-0.25, -0.2) is 0 Å². The van der Waals surface area contributed by atoms with Crippen LogP contribution in [0.1, 0.15) is 12.0 Å². The minimum atomic E-state index is 0.737. The molecule has 14 heavy (non-hydrogen) atoms. The maximum absolute atomic E-state index is 3.53. The van der Waals surface area contributed by atoms with Crippen molar-refractivity contribution in [3.63, 3.8) is 0 Å². The molecule has 2 heteroatoms. The first-order valence-electron chi connectivity index (χ1n) is 5.39. The average molecular weight is 188 g/mol. The molecule has 1 aromatic carbocycles. The van der Waals surface area contributed by atoms with Gasteiger partial charge in [-0.05, 0) is 31.0 Å². The van der Waals surface area contributed by atoms with Crippen LogP contribution in [-0.4, -0.2) is 25.2 Å². The molecule has 2 unspecified atom stereocenters. The summed E-state index contributed by atoms with van der Waals surface area (Å²) in [6.07, 6.45) is 1.33.